The van der Waals surface area contributed by atoms with Crippen LogP contribution in [0.3, 0.4) is 0 Å². The molecule has 0 spiro atoms. The van der Waals surface area contributed by atoms with E-state index in [4.69, 9.17) is 0 Å². The maximum absolute atomic E-state index is 12.8. The quantitative estimate of drug-likeness (QED) is 0.782. The number of benzene rings is 2. The van der Waals surface area contributed by atoms with Gasteiger partial charge in [-0.2, -0.15) is 0 Å². The van der Waals surface area contributed by atoms with Crippen molar-refractivity contribution < 1.29 is 4.79 Å². The zero-order valence-corrected chi connectivity index (χ0v) is 13.3. The molecule has 1 aliphatic rings. The molecule has 1 amide bonds. The average molecular weight is 293 g/mol. The second-order valence-electron chi connectivity index (χ2n) is 6.28. The second kappa shape index (κ2) is 6.35. The highest BCUT2D eigenvalue weighted by atomic mass is 16.2. The highest BCUT2D eigenvalue weighted by molar-refractivity contribution is 5.95. The van der Waals surface area contributed by atoms with E-state index in [-0.39, 0.29) is 5.91 Å². The highest BCUT2D eigenvalue weighted by Crippen LogP contribution is 2.26. The first-order valence-electron chi connectivity index (χ1n) is 8.15. The second-order valence-corrected chi connectivity index (χ2v) is 6.28. The minimum atomic E-state index is 0.166. The van der Waals surface area contributed by atoms with Crippen molar-refractivity contribution >= 4 is 5.91 Å². The van der Waals surface area contributed by atoms with Gasteiger partial charge in [-0.25, -0.2) is 0 Å². The molecule has 0 aliphatic carbocycles. The lowest BCUT2D eigenvalue weighted by Gasteiger charge is -2.39. The minimum absolute atomic E-state index is 0.166. The zero-order chi connectivity index (χ0) is 15.5. The van der Waals surface area contributed by atoms with Gasteiger partial charge in [0.25, 0.3) is 5.91 Å². The molecule has 0 aromatic heterocycles. The number of nitrogens with zero attached hydrogens (tertiary/aromatic N) is 1. The van der Waals surface area contributed by atoms with Crippen molar-refractivity contribution in [3.63, 3.8) is 0 Å². The molecule has 2 atom stereocenters. The topological polar surface area (TPSA) is 20.3 Å². The number of hydrogen-bond acceptors (Lipinski definition) is 1. The van der Waals surface area contributed by atoms with Crippen LogP contribution in [0.1, 0.15) is 43.5 Å². The maximum atomic E-state index is 12.8. The Hall–Kier alpha value is -2.09. The van der Waals surface area contributed by atoms with Crippen molar-refractivity contribution in [2.75, 3.05) is 0 Å². The van der Waals surface area contributed by atoms with Crippen molar-refractivity contribution in [2.24, 2.45) is 0 Å². The Morgan fingerprint density at radius 3 is 2.00 bits per heavy atom. The fourth-order valence-corrected chi connectivity index (χ4v) is 3.41. The van der Waals surface area contributed by atoms with E-state index in [0.717, 1.165) is 24.0 Å². The lowest BCUT2D eigenvalue weighted by Crippen LogP contribution is -2.47. The molecule has 0 unspecified atom stereocenters. The Kier molecular flexibility index (Phi) is 4.28. The van der Waals surface area contributed by atoms with Gasteiger partial charge in [0.1, 0.15) is 0 Å². The molecule has 0 N–H and O–H groups in total. The first-order valence-corrected chi connectivity index (χ1v) is 8.15. The van der Waals surface area contributed by atoms with Crippen LogP contribution in [0.2, 0.25) is 0 Å². The van der Waals surface area contributed by atoms with Crippen LogP contribution in [-0.4, -0.2) is 22.9 Å². The molecule has 1 fully saturated rings. The van der Waals surface area contributed by atoms with Gasteiger partial charge < -0.3 is 4.90 Å². The Morgan fingerprint density at radius 2 is 1.41 bits per heavy atom. The molecule has 0 bridgehead atoms. The van der Waals surface area contributed by atoms with Gasteiger partial charge in [0.2, 0.25) is 0 Å². The van der Waals surface area contributed by atoms with Gasteiger partial charge in [-0.1, -0.05) is 42.5 Å². The van der Waals surface area contributed by atoms with Gasteiger partial charge in [0.05, 0.1) is 0 Å². The third kappa shape index (κ3) is 2.92. The molecule has 0 radical (unpaired) electrons. The van der Waals surface area contributed by atoms with E-state index in [1.54, 1.807) is 0 Å². The summed E-state index contributed by atoms with van der Waals surface area (Å²) in [7, 11) is 0. The summed E-state index contributed by atoms with van der Waals surface area (Å²) < 4.78 is 0. The van der Waals surface area contributed by atoms with Crippen LogP contribution in [0.5, 0.6) is 0 Å². The molecule has 114 valence electrons. The van der Waals surface area contributed by atoms with Gasteiger partial charge in [-0.05, 0) is 56.4 Å². The fourth-order valence-electron chi connectivity index (χ4n) is 3.41. The van der Waals surface area contributed by atoms with Crippen LogP contribution in [0.4, 0.5) is 0 Å². The van der Waals surface area contributed by atoms with E-state index in [9.17, 15) is 4.79 Å². The largest absolute Gasteiger partial charge is 0.333 e. The predicted molar refractivity (Wildman–Crippen MR) is 90.8 cm³/mol. The van der Waals surface area contributed by atoms with Crippen LogP contribution in [0.25, 0.3) is 11.1 Å². The molecule has 2 heteroatoms. The zero-order valence-electron chi connectivity index (χ0n) is 13.3. The Bertz CT molecular complexity index is 623. The highest BCUT2D eigenvalue weighted by Gasteiger charge is 2.29. The van der Waals surface area contributed by atoms with E-state index >= 15 is 0 Å². The smallest absolute Gasteiger partial charge is 0.254 e. The van der Waals surface area contributed by atoms with Crippen LogP contribution >= 0.6 is 0 Å². The van der Waals surface area contributed by atoms with Gasteiger partial charge >= 0.3 is 0 Å². The lowest BCUT2D eigenvalue weighted by atomic mass is 9.96. The molecule has 22 heavy (non-hydrogen) atoms. The number of amides is 1. The standard InChI is InChI=1S/C20H23NO/c1-15-7-6-8-16(2)21(15)20(22)19-13-11-18(12-14-19)17-9-4-3-5-10-17/h3-5,9-16H,6-8H2,1-2H3/t15-,16-/m0/s1. The number of carbonyl (C=O) groups excluding carboxylic acids is 1. The molecular weight excluding hydrogens is 270 g/mol. The summed E-state index contributed by atoms with van der Waals surface area (Å²) in [4.78, 5) is 14.9. The molecule has 2 aromatic rings. The van der Waals surface area contributed by atoms with Crippen LogP contribution in [0.15, 0.2) is 54.6 Å². The predicted octanol–water partition coefficient (Wildman–Crippen LogP) is 4.76. The van der Waals surface area contributed by atoms with Gasteiger partial charge in [-0.15, -0.1) is 0 Å². The molecule has 0 saturated carbocycles. The van der Waals surface area contributed by atoms with E-state index in [0.29, 0.717) is 12.1 Å². The average Bonchev–Trinajstić information content (AvgIpc) is 2.55. The Balaban J connectivity index is 1.82. The summed E-state index contributed by atoms with van der Waals surface area (Å²) in [5.74, 6) is 0.166. The van der Waals surface area contributed by atoms with Crippen molar-refractivity contribution in [3.05, 3.63) is 60.2 Å². The van der Waals surface area contributed by atoms with Crippen molar-refractivity contribution in [3.8, 4) is 11.1 Å². The van der Waals surface area contributed by atoms with Crippen LogP contribution in [-0.2, 0) is 0 Å². The molecule has 3 rings (SSSR count). The Morgan fingerprint density at radius 1 is 0.864 bits per heavy atom. The number of piperidine rings is 1. The fraction of sp³-hybridized carbons (Fsp3) is 0.350. The first-order chi connectivity index (χ1) is 10.7. The van der Waals surface area contributed by atoms with Crippen LogP contribution < -0.4 is 0 Å². The Labute approximate surface area is 132 Å². The maximum Gasteiger partial charge on any atom is 0.254 e. The van der Waals surface area contributed by atoms with E-state index in [1.807, 2.05) is 42.5 Å². The number of carbonyl (C=O) groups is 1. The van der Waals surface area contributed by atoms with Crippen molar-refractivity contribution in [2.45, 2.75) is 45.2 Å². The first kappa shape index (κ1) is 14.8. The van der Waals surface area contributed by atoms with E-state index in [2.05, 4.69) is 30.9 Å². The molecule has 1 aliphatic heterocycles. The van der Waals surface area contributed by atoms with Crippen molar-refractivity contribution in [1.82, 2.24) is 4.90 Å². The number of rotatable bonds is 2. The summed E-state index contributed by atoms with van der Waals surface area (Å²) in [5.41, 5.74) is 3.12. The number of likely N-dealkylation sites (tertiary alicyclic amines) is 1. The summed E-state index contributed by atoms with van der Waals surface area (Å²) in [5, 5.41) is 0. The third-order valence-corrected chi connectivity index (χ3v) is 4.67. The van der Waals surface area contributed by atoms with Crippen molar-refractivity contribution in [1.29, 1.82) is 0 Å². The molecule has 2 nitrogen and oxygen atoms in total. The normalized spacial score (nSPS) is 21.6. The number of hydrogen-bond donors (Lipinski definition) is 0. The third-order valence-electron chi connectivity index (χ3n) is 4.67. The molecular formula is C20H23NO. The van der Waals surface area contributed by atoms with E-state index in [1.165, 1.54) is 12.0 Å². The van der Waals surface area contributed by atoms with Gasteiger partial charge in [0, 0.05) is 17.6 Å². The molecule has 2 aromatic carbocycles. The summed E-state index contributed by atoms with van der Waals surface area (Å²) in [6.07, 6.45) is 3.44. The SMILES string of the molecule is C[C@H]1CCC[C@H](C)N1C(=O)c1ccc(-c2ccccc2)cc1. The molecule has 1 saturated heterocycles. The molecule has 1 heterocycles. The van der Waals surface area contributed by atoms with Gasteiger partial charge in [0.15, 0.2) is 0 Å². The monoisotopic (exact) mass is 293 g/mol. The summed E-state index contributed by atoms with van der Waals surface area (Å²) in [6, 6.07) is 18.9. The van der Waals surface area contributed by atoms with E-state index < -0.39 is 0 Å². The lowest BCUT2D eigenvalue weighted by molar-refractivity contribution is 0.0511. The van der Waals surface area contributed by atoms with Crippen LogP contribution in [0, 0.1) is 0 Å². The summed E-state index contributed by atoms with van der Waals surface area (Å²) in [6.45, 7) is 4.32. The van der Waals surface area contributed by atoms with Gasteiger partial charge in [-0.3, -0.25) is 4.79 Å². The minimum Gasteiger partial charge on any atom is -0.333 e. The summed E-state index contributed by atoms with van der Waals surface area (Å²) >= 11 is 0.